The second kappa shape index (κ2) is 5.56. The van der Waals surface area contributed by atoms with Crippen LogP contribution < -0.4 is 10.6 Å². The number of amides is 2. The molecule has 1 aromatic carbocycles. The number of anilines is 2. The van der Waals surface area contributed by atoms with Crippen molar-refractivity contribution in [2.45, 2.75) is 13.3 Å². The third-order valence-corrected chi connectivity index (χ3v) is 1.86. The Hall–Kier alpha value is -2.28. The van der Waals surface area contributed by atoms with E-state index in [1.54, 1.807) is 31.2 Å². The summed E-state index contributed by atoms with van der Waals surface area (Å²) in [4.78, 5) is 22.1. The lowest BCUT2D eigenvalue weighted by Gasteiger charge is -2.06. The van der Waals surface area contributed by atoms with Crippen LogP contribution in [0.1, 0.15) is 13.3 Å². The molecule has 0 unspecified atom stereocenters. The SMILES string of the molecule is C#CC(=O)Nc1cccc(NC(=O)CC)c1. The standard InChI is InChI=1S/C12H12N2O2/c1-3-11(15)13-9-6-5-7-10(8-9)14-12(16)4-2/h1,5-8H,4H2,2H3,(H,13,15)(H,14,16). The molecular formula is C12H12N2O2. The van der Waals surface area contributed by atoms with E-state index in [0.717, 1.165) is 0 Å². The molecule has 1 rings (SSSR count). The van der Waals surface area contributed by atoms with Gasteiger partial charge >= 0.3 is 0 Å². The van der Waals surface area contributed by atoms with Gasteiger partial charge in [-0.25, -0.2) is 0 Å². The topological polar surface area (TPSA) is 58.2 Å². The zero-order valence-corrected chi connectivity index (χ0v) is 8.91. The number of rotatable bonds is 3. The summed E-state index contributed by atoms with van der Waals surface area (Å²) in [5.74, 6) is 1.35. The molecular weight excluding hydrogens is 204 g/mol. The zero-order valence-electron chi connectivity index (χ0n) is 8.91. The van der Waals surface area contributed by atoms with Crippen LogP contribution in [-0.2, 0) is 9.59 Å². The molecule has 0 heterocycles. The van der Waals surface area contributed by atoms with Crippen LogP contribution in [-0.4, -0.2) is 11.8 Å². The number of carbonyl (C=O) groups excluding carboxylic acids is 2. The van der Waals surface area contributed by atoms with Crippen LogP contribution in [0.3, 0.4) is 0 Å². The molecule has 0 atom stereocenters. The normalized spacial score (nSPS) is 9.00. The van der Waals surface area contributed by atoms with E-state index in [2.05, 4.69) is 10.6 Å². The molecule has 0 aliphatic carbocycles. The second-order valence-corrected chi connectivity index (χ2v) is 3.08. The molecule has 0 aliphatic rings. The first-order valence-electron chi connectivity index (χ1n) is 4.83. The average Bonchev–Trinajstić information content (AvgIpc) is 2.29. The summed E-state index contributed by atoms with van der Waals surface area (Å²) in [6.45, 7) is 1.76. The molecule has 0 spiro atoms. The first-order chi connectivity index (χ1) is 7.65. The molecule has 4 nitrogen and oxygen atoms in total. The van der Waals surface area contributed by atoms with Crippen LogP contribution in [0.4, 0.5) is 11.4 Å². The smallest absolute Gasteiger partial charge is 0.300 e. The van der Waals surface area contributed by atoms with Crippen molar-refractivity contribution >= 4 is 23.2 Å². The number of terminal acetylenes is 1. The minimum Gasteiger partial charge on any atom is -0.326 e. The highest BCUT2D eigenvalue weighted by molar-refractivity contribution is 6.04. The van der Waals surface area contributed by atoms with Gasteiger partial charge in [0.1, 0.15) is 0 Å². The third kappa shape index (κ3) is 3.46. The van der Waals surface area contributed by atoms with Crippen LogP contribution in [0.2, 0.25) is 0 Å². The van der Waals surface area contributed by atoms with E-state index in [0.29, 0.717) is 17.8 Å². The van der Waals surface area contributed by atoms with Crippen LogP contribution in [0.25, 0.3) is 0 Å². The Kier molecular flexibility index (Phi) is 4.10. The molecule has 0 aliphatic heterocycles. The second-order valence-electron chi connectivity index (χ2n) is 3.08. The molecule has 2 N–H and O–H groups in total. The van der Waals surface area contributed by atoms with E-state index in [4.69, 9.17) is 6.42 Å². The van der Waals surface area contributed by atoms with Gasteiger partial charge in [0.15, 0.2) is 0 Å². The molecule has 82 valence electrons. The lowest BCUT2D eigenvalue weighted by molar-refractivity contribution is -0.116. The van der Waals surface area contributed by atoms with Gasteiger partial charge in [0, 0.05) is 17.8 Å². The fourth-order valence-corrected chi connectivity index (χ4v) is 1.09. The average molecular weight is 216 g/mol. The van der Waals surface area contributed by atoms with Gasteiger partial charge in [0.05, 0.1) is 0 Å². The van der Waals surface area contributed by atoms with Gasteiger partial charge in [-0.15, -0.1) is 6.42 Å². The van der Waals surface area contributed by atoms with Crippen molar-refractivity contribution in [3.8, 4) is 12.3 Å². The van der Waals surface area contributed by atoms with E-state index < -0.39 is 5.91 Å². The Morgan fingerprint density at radius 1 is 1.31 bits per heavy atom. The zero-order chi connectivity index (χ0) is 12.0. The highest BCUT2D eigenvalue weighted by atomic mass is 16.2. The fourth-order valence-electron chi connectivity index (χ4n) is 1.09. The number of benzene rings is 1. The minimum absolute atomic E-state index is 0.0829. The van der Waals surface area contributed by atoms with Crippen molar-refractivity contribution < 1.29 is 9.59 Å². The summed E-state index contributed by atoms with van der Waals surface area (Å²) in [5, 5.41) is 5.18. The Balaban J connectivity index is 2.75. The maximum Gasteiger partial charge on any atom is 0.300 e. The molecule has 0 radical (unpaired) electrons. The van der Waals surface area contributed by atoms with Gasteiger partial charge < -0.3 is 10.6 Å². The van der Waals surface area contributed by atoms with Gasteiger partial charge in [-0.1, -0.05) is 13.0 Å². The van der Waals surface area contributed by atoms with Crippen molar-refractivity contribution in [2.75, 3.05) is 10.6 Å². The molecule has 0 saturated carbocycles. The Morgan fingerprint density at radius 2 is 1.94 bits per heavy atom. The summed E-state index contributed by atoms with van der Waals surface area (Å²) in [6.07, 6.45) is 5.33. The predicted octanol–water partition coefficient (Wildman–Crippen LogP) is 1.61. The van der Waals surface area contributed by atoms with E-state index in [-0.39, 0.29) is 5.91 Å². The van der Waals surface area contributed by atoms with Gasteiger partial charge in [-0.2, -0.15) is 0 Å². The Labute approximate surface area is 94.0 Å². The van der Waals surface area contributed by atoms with Gasteiger partial charge in [-0.05, 0) is 24.1 Å². The maximum absolute atomic E-state index is 11.1. The lowest BCUT2D eigenvalue weighted by Crippen LogP contribution is -2.11. The molecule has 2 amide bonds. The Bertz CT molecular complexity index is 447. The van der Waals surface area contributed by atoms with E-state index in [1.165, 1.54) is 0 Å². The third-order valence-electron chi connectivity index (χ3n) is 1.86. The molecule has 1 aromatic rings. The van der Waals surface area contributed by atoms with Crippen LogP contribution in [0, 0.1) is 12.3 Å². The van der Waals surface area contributed by atoms with Crippen molar-refractivity contribution in [3.63, 3.8) is 0 Å². The predicted molar refractivity (Wildman–Crippen MR) is 62.8 cm³/mol. The minimum atomic E-state index is -0.515. The number of carbonyl (C=O) groups is 2. The van der Waals surface area contributed by atoms with E-state index in [1.807, 2.05) is 5.92 Å². The maximum atomic E-state index is 11.1. The summed E-state index contributed by atoms with van der Waals surface area (Å²) >= 11 is 0. The van der Waals surface area contributed by atoms with E-state index >= 15 is 0 Å². The van der Waals surface area contributed by atoms with Crippen molar-refractivity contribution in [3.05, 3.63) is 24.3 Å². The highest BCUT2D eigenvalue weighted by Crippen LogP contribution is 2.15. The van der Waals surface area contributed by atoms with Crippen LogP contribution in [0.15, 0.2) is 24.3 Å². The first-order valence-corrected chi connectivity index (χ1v) is 4.83. The van der Waals surface area contributed by atoms with Crippen LogP contribution in [0.5, 0.6) is 0 Å². The molecule has 0 aromatic heterocycles. The molecule has 0 saturated heterocycles. The summed E-state index contributed by atoms with van der Waals surface area (Å²) in [6, 6.07) is 6.79. The Morgan fingerprint density at radius 3 is 2.50 bits per heavy atom. The highest BCUT2D eigenvalue weighted by Gasteiger charge is 2.01. The number of hydrogen-bond donors (Lipinski definition) is 2. The molecule has 4 heteroatoms. The molecule has 0 bridgehead atoms. The van der Waals surface area contributed by atoms with Gasteiger partial charge in [0.25, 0.3) is 5.91 Å². The first kappa shape index (κ1) is 11.8. The van der Waals surface area contributed by atoms with Crippen molar-refractivity contribution in [2.24, 2.45) is 0 Å². The fraction of sp³-hybridized carbons (Fsp3) is 0.167. The van der Waals surface area contributed by atoms with E-state index in [9.17, 15) is 9.59 Å². The molecule has 0 fully saturated rings. The van der Waals surface area contributed by atoms with Crippen molar-refractivity contribution in [1.82, 2.24) is 0 Å². The lowest BCUT2D eigenvalue weighted by atomic mass is 10.2. The quantitative estimate of drug-likeness (QED) is 0.754. The summed E-state index contributed by atoms with van der Waals surface area (Å²) in [7, 11) is 0. The largest absolute Gasteiger partial charge is 0.326 e. The summed E-state index contributed by atoms with van der Waals surface area (Å²) in [5.41, 5.74) is 1.18. The number of nitrogens with one attached hydrogen (secondary N) is 2. The monoisotopic (exact) mass is 216 g/mol. The van der Waals surface area contributed by atoms with Crippen molar-refractivity contribution in [1.29, 1.82) is 0 Å². The summed E-state index contributed by atoms with van der Waals surface area (Å²) < 4.78 is 0. The van der Waals surface area contributed by atoms with Gasteiger partial charge in [0.2, 0.25) is 5.91 Å². The number of hydrogen-bond acceptors (Lipinski definition) is 2. The van der Waals surface area contributed by atoms with Gasteiger partial charge in [-0.3, -0.25) is 9.59 Å². The van der Waals surface area contributed by atoms with Crippen LogP contribution >= 0.6 is 0 Å². The molecule has 16 heavy (non-hydrogen) atoms.